The monoisotopic (exact) mass is 235 g/mol. The lowest BCUT2D eigenvalue weighted by molar-refractivity contribution is -0.132. The van der Waals surface area contributed by atoms with Crippen molar-refractivity contribution in [1.82, 2.24) is 0 Å². The van der Waals surface area contributed by atoms with Gasteiger partial charge in [-0.1, -0.05) is 0 Å². The van der Waals surface area contributed by atoms with E-state index in [9.17, 15) is 4.79 Å². The first-order valence-corrected chi connectivity index (χ1v) is 5.77. The Hall–Kier alpha value is -1.64. The van der Waals surface area contributed by atoms with Crippen LogP contribution in [0.2, 0.25) is 0 Å². The zero-order valence-corrected chi connectivity index (χ0v) is 9.06. The van der Waals surface area contributed by atoms with Crippen LogP contribution in [0.15, 0.2) is 22.4 Å². The Kier molecular flexibility index (Phi) is 2.54. The first kappa shape index (κ1) is 9.90. The van der Waals surface area contributed by atoms with Gasteiger partial charge in [0, 0.05) is 20.3 Å². The summed E-state index contributed by atoms with van der Waals surface area (Å²) in [6.07, 6.45) is 1.40. The molecule has 2 rings (SSSR count). The molecule has 1 N–H and O–H groups in total. The van der Waals surface area contributed by atoms with Crippen molar-refractivity contribution in [3.8, 4) is 6.07 Å². The number of carboxylic acids is 1. The Morgan fingerprint density at radius 1 is 1.53 bits per heavy atom. The number of aliphatic carboxylic acids is 1. The number of hydrogen-bond acceptors (Lipinski definition) is 4. The number of fused-ring (bicyclic) bond motifs is 1. The van der Waals surface area contributed by atoms with Crippen LogP contribution in [0.25, 0.3) is 16.2 Å². The number of nitrogens with zero attached hydrogens (tertiary/aromatic N) is 1. The summed E-state index contributed by atoms with van der Waals surface area (Å²) >= 11 is 3.09. The maximum absolute atomic E-state index is 10.6. The van der Waals surface area contributed by atoms with Crippen molar-refractivity contribution in [2.45, 2.75) is 0 Å². The first-order valence-electron chi connectivity index (χ1n) is 4.01. The minimum Gasteiger partial charge on any atom is -0.477 e. The van der Waals surface area contributed by atoms with Gasteiger partial charge < -0.3 is 5.11 Å². The third kappa shape index (κ3) is 1.91. The van der Waals surface area contributed by atoms with E-state index in [1.165, 1.54) is 17.4 Å². The fourth-order valence-corrected chi connectivity index (χ4v) is 3.10. The van der Waals surface area contributed by atoms with E-state index in [0.29, 0.717) is 0 Å². The van der Waals surface area contributed by atoms with E-state index in [2.05, 4.69) is 0 Å². The highest BCUT2D eigenvalue weighted by atomic mass is 32.1. The second-order valence-electron chi connectivity index (χ2n) is 2.82. The van der Waals surface area contributed by atoms with Crippen LogP contribution in [-0.4, -0.2) is 11.1 Å². The normalized spacial score (nSPS) is 11.5. The number of nitriles is 1. The smallest absolute Gasteiger partial charge is 0.346 e. The van der Waals surface area contributed by atoms with Crippen LogP contribution in [0.4, 0.5) is 0 Å². The molecule has 0 unspecified atom stereocenters. The second kappa shape index (κ2) is 3.85. The molecule has 0 fully saturated rings. The number of thiophene rings is 2. The minimum absolute atomic E-state index is 0.234. The van der Waals surface area contributed by atoms with E-state index >= 15 is 0 Å². The van der Waals surface area contributed by atoms with Crippen LogP contribution in [-0.2, 0) is 4.79 Å². The number of carbonyl (C=O) groups is 1. The van der Waals surface area contributed by atoms with Gasteiger partial charge >= 0.3 is 5.97 Å². The highest BCUT2D eigenvalue weighted by molar-refractivity contribution is 7.23. The van der Waals surface area contributed by atoms with Crippen LogP contribution in [0.3, 0.4) is 0 Å². The molecule has 5 heteroatoms. The lowest BCUT2D eigenvalue weighted by Crippen LogP contribution is -1.96. The highest BCUT2D eigenvalue weighted by Gasteiger charge is 2.07. The molecule has 0 aliphatic rings. The Bertz CT molecular complexity index is 557. The highest BCUT2D eigenvalue weighted by Crippen LogP contribution is 2.29. The topological polar surface area (TPSA) is 61.1 Å². The molecule has 0 aliphatic heterocycles. The van der Waals surface area contributed by atoms with Gasteiger partial charge in [-0.2, -0.15) is 16.6 Å². The SMILES string of the molecule is N#C/C(=C\c1cc2cscc2s1)C(=O)O. The lowest BCUT2D eigenvalue weighted by Gasteiger charge is -1.87. The number of rotatable bonds is 2. The van der Waals surface area contributed by atoms with E-state index in [0.717, 1.165) is 15.0 Å². The van der Waals surface area contributed by atoms with Crippen molar-refractivity contribution in [3.63, 3.8) is 0 Å². The zero-order valence-electron chi connectivity index (χ0n) is 7.43. The third-order valence-electron chi connectivity index (χ3n) is 1.82. The molecule has 0 atom stereocenters. The molecule has 2 heterocycles. The second-order valence-corrected chi connectivity index (χ2v) is 4.67. The van der Waals surface area contributed by atoms with E-state index in [-0.39, 0.29) is 5.57 Å². The van der Waals surface area contributed by atoms with Gasteiger partial charge in [-0.15, -0.1) is 11.3 Å². The Morgan fingerprint density at radius 3 is 2.93 bits per heavy atom. The Morgan fingerprint density at radius 2 is 2.33 bits per heavy atom. The van der Waals surface area contributed by atoms with E-state index in [4.69, 9.17) is 10.4 Å². The Labute approximate surface area is 93.5 Å². The van der Waals surface area contributed by atoms with Crippen molar-refractivity contribution < 1.29 is 9.90 Å². The third-order valence-corrected chi connectivity index (χ3v) is 3.77. The fraction of sp³-hybridized carbons (Fsp3) is 0. The number of hydrogen-bond donors (Lipinski definition) is 1. The zero-order chi connectivity index (χ0) is 10.8. The summed E-state index contributed by atoms with van der Waals surface area (Å²) in [7, 11) is 0. The molecule has 0 aromatic carbocycles. The van der Waals surface area contributed by atoms with Gasteiger partial charge in [-0.3, -0.25) is 0 Å². The van der Waals surface area contributed by atoms with Gasteiger partial charge in [0.2, 0.25) is 0 Å². The average Bonchev–Trinajstić information content (AvgIpc) is 2.72. The fourth-order valence-electron chi connectivity index (χ4n) is 1.15. The van der Waals surface area contributed by atoms with E-state index in [1.54, 1.807) is 17.4 Å². The molecule has 15 heavy (non-hydrogen) atoms. The maximum Gasteiger partial charge on any atom is 0.346 e. The standard InChI is InChI=1S/C10H5NO2S2/c11-3-6(10(12)13)1-8-2-7-4-14-5-9(7)15-8/h1-2,4-5H,(H,12,13)/b6-1+. The molecule has 0 bridgehead atoms. The van der Waals surface area contributed by atoms with Crippen LogP contribution in [0, 0.1) is 11.3 Å². The van der Waals surface area contributed by atoms with Gasteiger partial charge in [-0.05, 0) is 17.5 Å². The molecule has 0 radical (unpaired) electrons. The van der Waals surface area contributed by atoms with E-state index < -0.39 is 5.97 Å². The van der Waals surface area contributed by atoms with Crippen molar-refractivity contribution >= 4 is 44.8 Å². The average molecular weight is 235 g/mol. The van der Waals surface area contributed by atoms with Crippen LogP contribution in [0.1, 0.15) is 4.88 Å². The van der Waals surface area contributed by atoms with Crippen LogP contribution < -0.4 is 0 Å². The van der Waals surface area contributed by atoms with Crippen molar-refractivity contribution in [2.75, 3.05) is 0 Å². The summed E-state index contributed by atoms with van der Waals surface area (Å²) in [4.78, 5) is 11.4. The summed E-state index contributed by atoms with van der Waals surface area (Å²) in [6.45, 7) is 0. The molecule has 0 spiro atoms. The summed E-state index contributed by atoms with van der Waals surface area (Å²) in [5.41, 5.74) is -0.234. The summed E-state index contributed by atoms with van der Waals surface area (Å²) in [5, 5.41) is 22.4. The molecule has 0 amide bonds. The number of carboxylic acid groups (broad SMARTS) is 1. The van der Waals surface area contributed by atoms with Crippen LogP contribution >= 0.6 is 22.7 Å². The van der Waals surface area contributed by atoms with Gasteiger partial charge in [0.05, 0.1) is 0 Å². The van der Waals surface area contributed by atoms with Crippen molar-refractivity contribution in [1.29, 1.82) is 5.26 Å². The minimum atomic E-state index is -1.19. The van der Waals surface area contributed by atoms with Gasteiger partial charge in [0.1, 0.15) is 11.6 Å². The molecule has 2 aromatic rings. The van der Waals surface area contributed by atoms with Crippen molar-refractivity contribution in [2.24, 2.45) is 0 Å². The maximum atomic E-state index is 10.6. The largest absolute Gasteiger partial charge is 0.477 e. The molecule has 0 aliphatic carbocycles. The van der Waals surface area contributed by atoms with Gasteiger partial charge in [-0.25, -0.2) is 4.79 Å². The summed E-state index contributed by atoms with van der Waals surface area (Å²) in [5.74, 6) is -1.19. The Balaban J connectivity index is 2.45. The van der Waals surface area contributed by atoms with Crippen LogP contribution in [0.5, 0.6) is 0 Å². The lowest BCUT2D eigenvalue weighted by atomic mass is 10.2. The molecule has 0 saturated carbocycles. The molecule has 74 valence electrons. The molecule has 0 saturated heterocycles. The van der Waals surface area contributed by atoms with Gasteiger partial charge in [0.15, 0.2) is 0 Å². The van der Waals surface area contributed by atoms with Crippen molar-refractivity contribution in [3.05, 3.63) is 27.3 Å². The molecule has 2 aromatic heterocycles. The molecular weight excluding hydrogens is 230 g/mol. The molecular formula is C10H5NO2S2. The first-order chi connectivity index (χ1) is 7.20. The quantitative estimate of drug-likeness (QED) is 0.643. The summed E-state index contributed by atoms with van der Waals surface area (Å²) in [6, 6.07) is 3.54. The van der Waals surface area contributed by atoms with Gasteiger partial charge in [0.25, 0.3) is 0 Å². The molecule has 3 nitrogen and oxygen atoms in total. The predicted octanol–water partition coefficient (Wildman–Crippen LogP) is 2.95. The van der Waals surface area contributed by atoms with E-state index in [1.807, 2.05) is 16.8 Å². The summed E-state index contributed by atoms with van der Waals surface area (Å²) < 4.78 is 1.12. The predicted molar refractivity (Wildman–Crippen MR) is 60.9 cm³/mol.